The van der Waals surface area contributed by atoms with Gasteiger partial charge in [-0.05, 0) is 55.5 Å². The van der Waals surface area contributed by atoms with E-state index in [0.717, 1.165) is 24.0 Å². The van der Waals surface area contributed by atoms with Crippen LogP contribution in [0, 0.1) is 6.92 Å². The Morgan fingerprint density at radius 3 is 2.63 bits per heavy atom. The normalized spacial score (nSPS) is 17.3. The van der Waals surface area contributed by atoms with E-state index in [1.807, 2.05) is 38.1 Å². The fourth-order valence-electron chi connectivity index (χ4n) is 3.50. The number of amides is 1. The summed E-state index contributed by atoms with van der Waals surface area (Å²) >= 11 is 0. The number of nitrogens with zero attached hydrogens (tertiary/aromatic N) is 1. The summed E-state index contributed by atoms with van der Waals surface area (Å²) in [5, 5.41) is 3.08. The van der Waals surface area contributed by atoms with E-state index in [9.17, 15) is 13.2 Å². The van der Waals surface area contributed by atoms with Crippen molar-refractivity contribution in [2.75, 3.05) is 16.6 Å². The smallest absolute Gasteiger partial charge is 0.251 e. The van der Waals surface area contributed by atoms with E-state index in [1.165, 1.54) is 4.31 Å². The van der Waals surface area contributed by atoms with Crippen LogP contribution in [0.4, 0.5) is 5.69 Å². The van der Waals surface area contributed by atoms with Gasteiger partial charge < -0.3 is 5.32 Å². The van der Waals surface area contributed by atoms with Gasteiger partial charge in [-0.1, -0.05) is 37.3 Å². The van der Waals surface area contributed by atoms with Crippen molar-refractivity contribution < 1.29 is 13.2 Å². The van der Waals surface area contributed by atoms with Crippen LogP contribution < -0.4 is 9.62 Å². The third-order valence-corrected chi connectivity index (χ3v) is 6.89. The Kier molecular flexibility index (Phi) is 5.85. The number of rotatable bonds is 5. The molecule has 0 aliphatic carbocycles. The lowest BCUT2D eigenvalue weighted by molar-refractivity contribution is 0.0935. The van der Waals surface area contributed by atoms with E-state index in [0.29, 0.717) is 24.2 Å². The van der Waals surface area contributed by atoms with Crippen LogP contribution in [0.2, 0.25) is 0 Å². The van der Waals surface area contributed by atoms with Gasteiger partial charge in [0, 0.05) is 12.1 Å². The van der Waals surface area contributed by atoms with Crippen molar-refractivity contribution in [1.29, 1.82) is 0 Å². The van der Waals surface area contributed by atoms with E-state index >= 15 is 0 Å². The second-order valence-corrected chi connectivity index (χ2v) is 8.95. The van der Waals surface area contributed by atoms with Crippen LogP contribution in [-0.2, 0) is 10.0 Å². The Morgan fingerprint density at radius 1 is 1.15 bits per heavy atom. The molecule has 2 aromatic carbocycles. The topological polar surface area (TPSA) is 66.5 Å². The molecule has 1 aliphatic rings. The minimum Gasteiger partial charge on any atom is -0.345 e. The maximum atomic E-state index is 12.8. The van der Waals surface area contributed by atoms with Gasteiger partial charge in [0.1, 0.15) is 0 Å². The fraction of sp³-hybridized carbons (Fsp3) is 0.381. The number of carbonyl (C=O) groups is 1. The van der Waals surface area contributed by atoms with Crippen LogP contribution in [-0.4, -0.2) is 26.6 Å². The number of nitrogens with one attached hydrogen (secondary N) is 1. The number of benzene rings is 2. The molecule has 1 fully saturated rings. The minimum atomic E-state index is -3.29. The number of aryl methyl sites for hydroxylation is 1. The van der Waals surface area contributed by atoms with E-state index in [4.69, 9.17) is 0 Å². The molecule has 0 radical (unpaired) electrons. The number of carbonyl (C=O) groups excluding carboxylic acids is 1. The molecule has 27 heavy (non-hydrogen) atoms. The highest BCUT2D eigenvalue weighted by atomic mass is 32.2. The molecule has 0 bridgehead atoms. The van der Waals surface area contributed by atoms with Gasteiger partial charge in [0.25, 0.3) is 5.91 Å². The molecule has 0 unspecified atom stereocenters. The second-order valence-electron chi connectivity index (χ2n) is 6.94. The Bertz CT molecular complexity index is 925. The van der Waals surface area contributed by atoms with E-state index < -0.39 is 10.0 Å². The Morgan fingerprint density at radius 2 is 1.93 bits per heavy atom. The lowest BCUT2D eigenvalue weighted by atomic mass is 9.99. The molecule has 5 nitrogen and oxygen atoms in total. The van der Waals surface area contributed by atoms with Gasteiger partial charge in [0.05, 0.1) is 17.5 Å². The zero-order valence-corrected chi connectivity index (χ0v) is 16.6. The summed E-state index contributed by atoms with van der Waals surface area (Å²) < 4.78 is 26.1. The van der Waals surface area contributed by atoms with Gasteiger partial charge >= 0.3 is 0 Å². The first kappa shape index (κ1) is 19.4. The van der Waals surface area contributed by atoms with Crippen LogP contribution in [0.25, 0.3) is 0 Å². The largest absolute Gasteiger partial charge is 0.345 e. The Balaban J connectivity index is 1.82. The average Bonchev–Trinajstić information content (AvgIpc) is 2.66. The first-order chi connectivity index (χ1) is 12.9. The van der Waals surface area contributed by atoms with Crippen LogP contribution >= 0.6 is 0 Å². The molecule has 1 N–H and O–H groups in total. The molecule has 2 aromatic rings. The van der Waals surface area contributed by atoms with Gasteiger partial charge in [-0.15, -0.1) is 0 Å². The lowest BCUT2D eigenvalue weighted by Crippen LogP contribution is -2.38. The molecular weight excluding hydrogens is 360 g/mol. The summed E-state index contributed by atoms with van der Waals surface area (Å²) in [5.74, 6) is -0.0319. The van der Waals surface area contributed by atoms with Gasteiger partial charge in [0.2, 0.25) is 10.0 Å². The number of anilines is 1. The van der Waals surface area contributed by atoms with Crippen molar-refractivity contribution in [2.24, 2.45) is 0 Å². The quantitative estimate of drug-likeness (QED) is 0.850. The van der Waals surface area contributed by atoms with Gasteiger partial charge in [-0.2, -0.15) is 0 Å². The summed E-state index contributed by atoms with van der Waals surface area (Å²) in [6.07, 6.45) is 2.30. The molecule has 0 aromatic heterocycles. The van der Waals surface area contributed by atoms with Crippen molar-refractivity contribution in [3.05, 3.63) is 65.2 Å². The zero-order valence-electron chi connectivity index (χ0n) is 15.8. The first-order valence-corrected chi connectivity index (χ1v) is 11.0. The molecule has 1 heterocycles. The highest BCUT2D eigenvalue weighted by Crippen LogP contribution is 2.25. The van der Waals surface area contributed by atoms with Gasteiger partial charge in [0.15, 0.2) is 0 Å². The molecule has 6 heteroatoms. The molecule has 144 valence electrons. The molecule has 0 spiro atoms. The highest BCUT2D eigenvalue weighted by Gasteiger charge is 2.26. The maximum Gasteiger partial charge on any atom is 0.251 e. The van der Waals surface area contributed by atoms with Gasteiger partial charge in [-0.3, -0.25) is 9.10 Å². The van der Waals surface area contributed by atoms with Crippen LogP contribution in [0.3, 0.4) is 0 Å². The zero-order chi connectivity index (χ0) is 19.4. The lowest BCUT2D eigenvalue weighted by Gasteiger charge is -2.28. The van der Waals surface area contributed by atoms with Crippen molar-refractivity contribution >= 4 is 21.6 Å². The predicted octanol–water partition coefficient (Wildman–Crippen LogP) is 3.81. The molecular formula is C21H26N2O3S. The highest BCUT2D eigenvalue weighted by molar-refractivity contribution is 7.92. The third kappa shape index (κ3) is 4.33. The summed E-state index contributed by atoms with van der Waals surface area (Å²) in [7, 11) is -3.29. The second kappa shape index (κ2) is 8.13. The SMILES string of the molecule is CC[C@@H](NC(=O)c1cccc(N2CCCCS2(=O)=O)c1)c1ccccc1C. The number of hydrogen-bond acceptors (Lipinski definition) is 3. The molecule has 0 saturated carbocycles. The standard InChI is InChI=1S/C21H26N2O3S/c1-3-20(19-12-5-4-9-16(19)2)22-21(24)17-10-8-11-18(15-17)23-13-6-7-14-27(23,25)26/h4-5,8-12,15,20H,3,6-7,13-14H2,1-2H3,(H,22,24)/t20-/m1/s1. The third-order valence-electron chi connectivity index (χ3n) is 5.02. The van der Waals surface area contributed by atoms with Gasteiger partial charge in [-0.25, -0.2) is 8.42 Å². The van der Waals surface area contributed by atoms with Crippen molar-refractivity contribution in [3.63, 3.8) is 0 Å². The van der Waals surface area contributed by atoms with Crippen LogP contribution in [0.5, 0.6) is 0 Å². The first-order valence-electron chi connectivity index (χ1n) is 9.39. The van der Waals surface area contributed by atoms with Crippen LogP contribution in [0.1, 0.15) is 53.7 Å². The summed E-state index contributed by atoms with van der Waals surface area (Å²) in [6.45, 7) is 4.54. The average molecular weight is 387 g/mol. The predicted molar refractivity (Wildman–Crippen MR) is 108 cm³/mol. The van der Waals surface area contributed by atoms with Crippen molar-refractivity contribution in [3.8, 4) is 0 Å². The van der Waals surface area contributed by atoms with Crippen LogP contribution in [0.15, 0.2) is 48.5 Å². The maximum absolute atomic E-state index is 12.8. The van der Waals surface area contributed by atoms with E-state index in [-0.39, 0.29) is 17.7 Å². The molecule has 3 rings (SSSR count). The Hall–Kier alpha value is -2.34. The van der Waals surface area contributed by atoms with Crippen molar-refractivity contribution in [2.45, 2.75) is 39.2 Å². The fourth-order valence-corrected chi connectivity index (χ4v) is 5.13. The summed E-state index contributed by atoms with van der Waals surface area (Å²) in [4.78, 5) is 12.8. The summed E-state index contributed by atoms with van der Waals surface area (Å²) in [5.41, 5.74) is 3.27. The molecule has 1 atom stereocenters. The van der Waals surface area contributed by atoms with E-state index in [1.54, 1.807) is 24.3 Å². The van der Waals surface area contributed by atoms with E-state index in [2.05, 4.69) is 5.32 Å². The minimum absolute atomic E-state index is 0.0823. The monoisotopic (exact) mass is 386 g/mol. The molecule has 1 saturated heterocycles. The number of sulfonamides is 1. The molecule has 1 aliphatic heterocycles. The Labute approximate surface area is 161 Å². The van der Waals surface area contributed by atoms with Crippen molar-refractivity contribution in [1.82, 2.24) is 5.32 Å². The number of hydrogen-bond donors (Lipinski definition) is 1. The summed E-state index contributed by atoms with van der Waals surface area (Å²) in [6, 6.07) is 14.8. The molecule has 1 amide bonds.